The van der Waals surface area contributed by atoms with Gasteiger partial charge in [0.25, 0.3) is 0 Å². The van der Waals surface area contributed by atoms with Crippen molar-refractivity contribution in [2.24, 2.45) is 7.05 Å². The molecule has 6 rings (SSSR count). The number of phenolic OH excluding ortho intramolecular Hbond substituents is 1. The molecule has 2 aromatic carbocycles. The smallest absolute Gasteiger partial charge is 0.329 e. The minimum atomic E-state index is -0.695. The van der Waals surface area contributed by atoms with Crippen molar-refractivity contribution in [1.29, 1.82) is 5.41 Å². The summed E-state index contributed by atoms with van der Waals surface area (Å²) in [6.07, 6.45) is 7.15. The minimum absolute atomic E-state index is 0.0920. The van der Waals surface area contributed by atoms with Crippen molar-refractivity contribution in [3.8, 4) is 17.0 Å². The van der Waals surface area contributed by atoms with E-state index in [2.05, 4.69) is 25.7 Å². The number of hydrogen-bond acceptors (Lipinski definition) is 10. The molecule has 0 radical (unpaired) electrons. The first-order valence-electron chi connectivity index (χ1n) is 15.9. The van der Waals surface area contributed by atoms with E-state index in [0.29, 0.717) is 34.3 Å². The van der Waals surface area contributed by atoms with E-state index in [-0.39, 0.29) is 35.6 Å². The lowest BCUT2D eigenvalue weighted by atomic mass is 10.0. The van der Waals surface area contributed by atoms with Crippen molar-refractivity contribution < 1.29 is 14.7 Å². The van der Waals surface area contributed by atoms with Crippen LogP contribution in [0.15, 0.2) is 59.5 Å². The molecular formula is C34H39N9O4. The average Bonchev–Trinajstić information content (AvgIpc) is 3.32. The van der Waals surface area contributed by atoms with E-state index in [1.807, 2.05) is 18.2 Å². The average molecular weight is 638 g/mol. The second kappa shape index (κ2) is 13.6. The van der Waals surface area contributed by atoms with Crippen molar-refractivity contribution in [1.82, 2.24) is 34.9 Å². The largest absolute Gasteiger partial charge is 0.507 e. The number of aryl methyl sites for hydroxylation is 2. The number of imidazole rings is 1. The first-order chi connectivity index (χ1) is 22.7. The SMILES string of the molecule is Cn1c(=O)n(C2CCC(=O)NC2=O)c2cccc(CCCN3CCC(N/C=C(\C=N)c4cc(-c5ccccc5O)nnc4N)CC3)c21. The normalized spacial score (nSPS) is 18.0. The number of piperidine rings is 2. The molecule has 4 heterocycles. The number of nitrogen functional groups attached to an aromatic ring is 1. The summed E-state index contributed by atoms with van der Waals surface area (Å²) in [5, 5.41) is 32.3. The van der Waals surface area contributed by atoms with Gasteiger partial charge in [0.05, 0.1) is 16.7 Å². The highest BCUT2D eigenvalue weighted by atomic mass is 16.3. The molecule has 1 unspecified atom stereocenters. The lowest BCUT2D eigenvalue weighted by Gasteiger charge is -2.32. The fourth-order valence-electron chi connectivity index (χ4n) is 6.63. The Morgan fingerprint density at radius 3 is 2.64 bits per heavy atom. The van der Waals surface area contributed by atoms with Crippen molar-refractivity contribution in [2.75, 3.05) is 25.4 Å². The number of nitrogens with two attached hydrogens (primary N) is 1. The maximum Gasteiger partial charge on any atom is 0.329 e. The number of imide groups is 1. The van der Waals surface area contributed by atoms with E-state index in [1.165, 1.54) is 10.8 Å². The van der Waals surface area contributed by atoms with Gasteiger partial charge in [-0.3, -0.25) is 24.0 Å². The minimum Gasteiger partial charge on any atom is -0.507 e. The van der Waals surface area contributed by atoms with Crippen LogP contribution in [0, 0.1) is 5.41 Å². The number of hydrogen-bond donors (Lipinski definition) is 5. The Hall–Kier alpha value is -5.30. The van der Waals surface area contributed by atoms with Gasteiger partial charge in [0.2, 0.25) is 11.8 Å². The molecule has 2 aliphatic rings. The summed E-state index contributed by atoms with van der Waals surface area (Å²) in [5.74, 6) is -0.436. The zero-order valence-corrected chi connectivity index (χ0v) is 26.3. The summed E-state index contributed by atoms with van der Waals surface area (Å²) < 4.78 is 3.15. The number of carbonyl (C=O) groups excluding carboxylic acids is 2. The number of nitrogens with one attached hydrogen (secondary N) is 3. The molecule has 0 bridgehead atoms. The topological polar surface area (TPSA) is 184 Å². The van der Waals surface area contributed by atoms with Crippen LogP contribution in [0.4, 0.5) is 5.82 Å². The number of aromatic hydroxyl groups is 1. The summed E-state index contributed by atoms with van der Waals surface area (Å²) in [6, 6.07) is 14.0. The zero-order chi connectivity index (χ0) is 33.1. The highest BCUT2D eigenvalue weighted by Crippen LogP contribution is 2.30. The van der Waals surface area contributed by atoms with E-state index < -0.39 is 11.9 Å². The number of likely N-dealkylation sites (tertiary alicyclic amines) is 1. The molecule has 13 heteroatoms. The Kier molecular flexibility index (Phi) is 9.16. The van der Waals surface area contributed by atoms with Crippen LogP contribution in [0.3, 0.4) is 0 Å². The molecule has 2 aliphatic heterocycles. The van der Waals surface area contributed by atoms with Gasteiger partial charge in [0, 0.05) is 61.7 Å². The predicted octanol–water partition coefficient (Wildman–Crippen LogP) is 2.74. The molecule has 1 atom stereocenters. The molecule has 244 valence electrons. The van der Waals surface area contributed by atoms with Crippen LogP contribution in [-0.4, -0.2) is 73.0 Å². The summed E-state index contributed by atoms with van der Waals surface area (Å²) in [4.78, 5) is 39.9. The first kappa shape index (κ1) is 31.7. The molecule has 47 heavy (non-hydrogen) atoms. The standard InChI is InChI=1S/C34H39N9O4/c1-41-31-21(6-4-9-27(31)43(34(41)47)28-11-12-30(45)38-33(28)46)7-5-15-42-16-13-23(14-17-42)37-20-22(19-35)25-18-26(39-40-32(25)36)24-8-2-3-10-29(24)44/h2-4,6,8-10,18-20,23,28,35,37,44H,5,7,11-17H2,1H3,(H2,36,40)(H,38,45,46)/b22-20+,35-19?. The van der Waals surface area contributed by atoms with E-state index in [1.54, 1.807) is 48.1 Å². The fourth-order valence-corrected chi connectivity index (χ4v) is 6.63. The van der Waals surface area contributed by atoms with Crippen LogP contribution < -0.4 is 22.1 Å². The maximum atomic E-state index is 13.2. The molecule has 4 aromatic rings. The van der Waals surface area contributed by atoms with Crippen molar-refractivity contribution in [2.45, 2.75) is 50.6 Å². The Balaban J connectivity index is 1.05. The van der Waals surface area contributed by atoms with Crippen LogP contribution in [0.5, 0.6) is 5.75 Å². The number of aromatic nitrogens is 4. The number of allylic oxidation sites excluding steroid dienone is 1. The lowest BCUT2D eigenvalue weighted by Crippen LogP contribution is -2.44. The van der Waals surface area contributed by atoms with Gasteiger partial charge in [-0.05, 0) is 68.5 Å². The number of carbonyl (C=O) groups is 2. The second-order valence-electron chi connectivity index (χ2n) is 12.1. The summed E-state index contributed by atoms with van der Waals surface area (Å²) in [6.45, 7) is 2.77. The maximum absolute atomic E-state index is 13.2. The van der Waals surface area contributed by atoms with Gasteiger partial charge in [0.1, 0.15) is 11.8 Å². The van der Waals surface area contributed by atoms with E-state index in [0.717, 1.165) is 56.4 Å². The van der Waals surface area contributed by atoms with Crippen LogP contribution in [0.1, 0.15) is 49.3 Å². The van der Waals surface area contributed by atoms with Crippen LogP contribution in [-0.2, 0) is 23.1 Å². The van der Waals surface area contributed by atoms with Gasteiger partial charge in [-0.2, -0.15) is 0 Å². The van der Waals surface area contributed by atoms with E-state index in [4.69, 9.17) is 11.1 Å². The number of fused-ring (bicyclic) bond motifs is 1. The second-order valence-corrected chi connectivity index (χ2v) is 12.1. The van der Waals surface area contributed by atoms with E-state index >= 15 is 0 Å². The number of anilines is 1. The zero-order valence-electron chi connectivity index (χ0n) is 26.3. The third-order valence-corrected chi connectivity index (χ3v) is 9.16. The number of amides is 2. The van der Waals surface area contributed by atoms with Crippen LogP contribution in [0.2, 0.25) is 0 Å². The molecule has 2 aromatic heterocycles. The van der Waals surface area contributed by atoms with Crippen molar-refractivity contribution in [3.05, 3.63) is 76.3 Å². The summed E-state index contributed by atoms with van der Waals surface area (Å²) >= 11 is 0. The van der Waals surface area contributed by atoms with Crippen molar-refractivity contribution in [3.63, 3.8) is 0 Å². The monoisotopic (exact) mass is 637 g/mol. The highest BCUT2D eigenvalue weighted by molar-refractivity contribution is 6.10. The van der Waals surface area contributed by atoms with Gasteiger partial charge >= 0.3 is 5.69 Å². The summed E-state index contributed by atoms with van der Waals surface area (Å²) in [5.41, 5.74) is 10.6. The van der Waals surface area contributed by atoms with Gasteiger partial charge < -0.3 is 26.5 Å². The lowest BCUT2D eigenvalue weighted by molar-refractivity contribution is -0.135. The fraction of sp³-hybridized carbons (Fsp3) is 0.353. The Labute approximate surface area is 271 Å². The third-order valence-electron chi connectivity index (χ3n) is 9.16. The van der Waals surface area contributed by atoms with Crippen LogP contribution >= 0.6 is 0 Å². The van der Waals surface area contributed by atoms with E-state index in [9.17, 15) is 19.5 Å². The molecule has 2 fully saturated rings. The van der Waals surface area contributed by atoms with Gasteiger partial charge in [0.15, 0.2) is 5.82 Å². The molecule has 2 amide bonds. The van der Waals surface area contributed by atoms with Gasteiger partial charge in [-0.15, -0.1) is 10.2 Å². The molecule has 0 spiro atoms. The van der Waals surface area contributed by atoms with Crippen molar-refractivity contribution >= 4 is 40.5 Å². The highest BCUT2D eigenvalue weighted by Gasteiger charge is 2.31. The number of phenols is 1. The predicted molar refractivity (Wildman–Crippen MR) is 180 cm³/mol. The van der Waals surface area contributed by atoms with Crippen LogP contribution in [0.25, 0.3) is 27.9 Å². The molecule has 6 N–H and O–H groups in total. The molecule has 0 aliphatic carbocycles. The molecule has 2 saturated heterocycles. The summed E-state index contributed by atoms with van der Waals surface area (Å²) in [7, 11) is 1.74. The number of rotatable bonds is 10. The first-order valence-corrected chi connectivity index (χ1v) is 15.9. The third kappa shape index (κ3) is 6.52. The Morgan fingerprint density at radius 1 is 1.11 bits per heavy atom. The number of nitrogens with zero attached hydrogens (tertiary/aromatic N) is 5. The Morgan fingerprint density at radius 2 is 1.89 bits per heavy atom. The number of benzene rings is 2. The quantitative estimate of drug-likeness (QED) is 0.129. The molecular weight excluding hydrogens is 598 g/mol. The molecule has 13 nitrogen and oxygen atoms in total. The van der Waals surface area contributed by atoms with Gasteiger partial charge in [-0.25, -0.2) is 4.79 Å². The Bertz CT molecular complexity index is 1920. The van der Waals surface area contributed by atoms with Gasteiger partial charge in [-0.1, -0.05) is 24.3 Å². The number of para-hydroxylation sites is 2. The molecule has 0 saturated carbocycles.